The van der Waals surface area contributed by atoms with Crippen LogP contribution in [0.3, 0.4) is 0 Å². The highest BCUT2D eigenvalue weighted by molar-refractivity contribution is 5.84. The van der Waals surface area contributed by atoms with Crippen LogP contribution in [-0.2, 0) is 12.8 Å². The number of aromatic nitrogens is 1. The summed E-state index contributed by atoms with van der Waals surface area (Å²) in [5, 5.41) is 5.20. The van der Waals surface area contributed by atoms with E-state index >= 15 is 0 Å². The average molecular weight is 357 g/mol. The minimum absolute atomic E-state index is 0.598. The number of benzene rings is 2. The van der Waals surface area contributed by atoms with Crippen LogP contribution in [0.2, 0.25) is 0 Å². The molecule has 2 N–H and O–H groups in total. The number of fused-ring (bicyclic) bond motifs is 3. The van der Waals surface area contributed by atoms with E-state index in [1.165, 1.54) is 59.0 Å². The van der Waals surface area contributed by atoms with Gasteiger partial charge in [-0.15, -0.1) is 0 Å². The van der Waals surface area contributed by atoms with Gasteiger partial charge < -0.3 is 10.3 Å². The van der Waals surface area contributed by atoms with E-state index in [0.29, 0.717) is 6.04 Å². The molecule has 5 rings (SSSR count). The smallest absolute Gasteiger partial charge is 0.0458 e. The van der Waals surface area contributed by atoms with Crippen LogP contribution in [0.25, 0.3) is 16.5 Å². The van der Waals surface area contributed by atoms with Gasteiger partial charge in [0.2, 0.25) is 0 Å². The van der Waals surface area contributed by atoms with Crippen LogP contribution in [0.5, 0.6) is 0 Å². The van der Waals surface area contributed by atoms with Crippen molar-refractivity contribution in [3.05, 3.63) is 77.0 Å². The maximum absolute atomic E-state index is 3.76. The Labute approximate surface area is 161 Å². The van der Waals surface area contributed by atoms with Crippen LogP contribution in [0, 0.1) is 12.8 Å². The van der Waals surface area contributed by atoms with Crippen molar-refractivity contribution >= 4 is 16.5 Å². The number of hydrogen-bond acceptors (Lipinski definition) is 1. The highest BCUT2D eigenvalue weighted by Crippen LogP contribution is 2.35. The molecule has 2 nitrogen and oxygen atoms in total. The molecule has 2 aromatic carbocycles. The van der Waals surface area contributed by atoms with Gasteiger partial charge in [0.1, 0.15) is 0 Å². The minimum atomic E-state index is 0.598. The molecule has 2 atom stereocenters. The predicted octanol–water partition coefficient (Wildman–Crippen LogP) is 5.42. The van der Waals surface area contributed by atoms with Crippen molar-refractivity contribution in [2.24, 2.45) is 5.92 Å². The molecule has 2 unspecified atom stereocenters. The molecule has 138 valence electrons. The monoisotopic (exact) mass is 356 g/mol. The fourth-order valence-electron chi connectivity index (χ4n) is 5.13. The van der Waals surface area contributed by atoms with Crippen LogP contribution in [0.4, 0.5) is 0 Å². The molecule has 2 aliphatic rings. The van der Waals surface area contributed by atoms with E-state index in [4.69, 9.17) is 0 Å². The molecular weight excluding hydrogens is 328 g/mol. The van der Waals surface area contributed by atoms with E-state index in [2.05, 4.69) is 71.8 Å². The zero-order valence-corrected chi connectivity index (χ0v) is 16.1. The zero-order valence-electron chi connectivity index (χ0n) is 16.1. The highest BCUT2D eigenvalue weighted by atomic mass is 14.9. The largest absolute Gasteiger partial charge is 0.358 e. The molecule has 0 bridgehead atoms. The lowest BCUT2D eigenvalue weighted by Gasteiger charge is -2.30. The Morgan fingerprint density at radius 3 is 2.78 bits per heavy atom. The maximum atomic E-state index is 3.76. The number of nitrogens with one attached hydrogen (secondary N) is 2. The molecule has 0 saturated carbocycles. The summed E-state index contributed by atoms with van der Waals surface area (Å²) in [4.78, 5) is 3.65. The van der Waals surface area contributed by atoms with Crippen molar-refractivity contribution in [2.45, 2.75) is 45.1 Å². The van der Waals surface area contributed by atoms with E-state index in [-0.39, 0.29) is 0 Å². The summed E-state index contributed by atoms with van der Waals surface area (Å²) in [6.07, 6.45) is 8.55. The SMILES string of the molecule is Cc1ccccc1C1=CCNC(CC2CCc3[nH]c4ccccc4c3C2)C1. The highest BCUT2D eigenvalue weighted by Gasteiger charge is 2.26. The van der Waals surface area contributed by atoms with Gasteiger partial charge in [-0.05, 0) is 73.3 Å². The molecule has 0 fully saturated rings. The second kappa shape index (κ2) is 7.01. The summed E-state index contributed by atoms with van der Waals surface area (Å²) in [5.74, 6) is 0.783. The molecule has 0 saturated heterocycles. The van der Waals surface area contributed by atoms with Crippen LogP contribution in [0.1, 0.15) is 41.6 Å². The van der Waals surface area contributed by atoms with E-state index < -0.39 is 0 Å². The first-order chi connectivity index (χ1) is 13.3. The normalized spacial score (nSPS) is 22.5. The molecule has 3 aromatic rings. The Balaban J connectivity index is 1.30. The number of H-pyrrole nitrogens is 1. The summed E-state index contributed by atoms with van der Waals surface area (Å²) < 4.78 is 0. The maximum Gasteiger partial charge on any atom is 0.0458 e. The second-order valence-electron chi connectivity index (χ2n) is 8.33. The van der Waals surface area contributed by atoms with Gasteiger partial charge in [-0.25, -0.2) is 0 Å². The molecule has 2 heteroatoms. The minimum Gasteiger partial charge on any atom is -0.358 e. The first kappa shape index (κ1) is 16.8. The van der Waals surface area contributed by atoms with E-state index in [1.807, 2.05) is 0 Å². The molecule has 1 aromatic heterocycles. The van der Waals surface area contributed by atoms with Crippen molar-refractivity contribution in [3.63, 3.8) is 0 Å². The van der Waals surface area contributed by atoms with Crippen molar-refractivity contribution in [1.82, 2.24) is 10.3 Å². The van der Waals surface area contributed by atoms with Crippen LogP contribution in [0.15, 0.2) is 54.6 Å². The molecule has 0 amide bonds. The summed E-state index contributed by atoms with van der Waals surface area (Å²) in [6, 6.07) is 18.2. The third-order valence-corrected chi connectivity index (χ3v) is 6.53. The summed E-state index contributed by atoms with van der Waals surface area (Å²) in [5.41, 5.74) is 8.72. The van der Waals surface area contributed by atoms with E-state index in [1.54, 1.807) is 5.56 Å². The van der Waals surface area contributed by atoms with Crippen molar-refractivity contribution in [2.75, 3.05) is 6.54 Å². The quantitative estimate of drug-likeness (QED) is 0.644. The third-order valence-electron chi connectivity index (χ3n) is 6.53. The van der Waals surface area contributed by atoms with Gasteiger partial charge in [-0.3, -0.25) is 0 Å². The molecule has 0 radical (unpaired) electrons. The van der Waals surface area contributed by atoms with Crippen molar-refractivity contribution < 1.29 is 0 Å². The first-order valence-electron chi connectivity index (χ1n) is 10.3. The Kier molecular flexibility index (Phi) is 4.37. The average Bonchev–Trinajstić information content (AvgIpc) is 3.07. The standard InChI is InChI=1S/C25H28N2/c1-17-6-2-3-7-21(17)19-12-13-26-20(16-19)14-18-10-11-25-23(15-18)22-8-4-5-9-24(22)27-25/h2-9,12,18,20,26-27H,10-11,13-16H2,1H3. The van der Waals surface area contributed by atoms with Gasteiger partial charge in [0, 0.05) is 29.2 Å². The van der Waals surface area contributed by atoms with Gasteiger partial charge in [-0.2, -0.15) is 0 Å². The molecule has 1 aliphatic carbocycles. The van der Waals surface area contributed by atoms with E-state index in [0.717, 1.165) is 18.9 Å². The van der Waals surface area contributed by atoms with Gasteiger partial charge in [0.25, 0.3) is 0 Å². The number of rotatable bonds is 3. The number of aryl methyl sites for hydroxylation is 2. The van der Waals surface area contributed by atoms with Crippen LogP contribution < -0.4 is 5.32 Å². The zero-order chi connectivity index (χ0) is 18.2. The number of para-hydroxylation sites is 1. The lowest BCUT2D eigenvalue weighted by atomic mass is 9.80. The number of aromatic amines is 1. The first-order valence-corrected chi connectivity index (χ1v) is 10.3. The Morgan fingerprint density at radius 2 is 1.85 bits per heavy atom. The summed E-state index contributed by atoms with van der Waals surface area (Å²) >= 11 is 0. The fourth-order valence-corrected chi connectivity index (χ4v) is 5.13. The Morgan fingerprint density at radius 1 is 1.00 bits per heavy atom. The summed E-state index contributed by atoms with van der Waals surface area (Å²) in [7, 11) is 0. The van der Waals surface area contributed by atoms with Crippen molar-refractivity contribution in [1.29, 1.82) is 0 Å². The topological polar surface area (TPSA) is 27.8 Å². The molecule has 0 spiro atoms. The number of hydrogen-bond donors (Lipinski definition) is 2. The molecule has 2 heterocycles. The lowest BCUT2D eigenvalue weighted by molar-refractivity contribution is 0.356. The molecular formula is C25H28N2. The lowest BCUT2D eigenvalue weighted by Crippen LogP contribution is -2.35. The summed E-state index contributed by atoms with van der Waals surface area (Å²) in [6.45, 7) is 3.23. The van der Waals surface area contributed by atoms with Gasteiger partial charge >= 0.3 is 0 Å². The van der Waals surface area contributed by atoms with Crippen LogP contribution in [-0.4, -0.2) is 17.6 Å². The molecule has 1 aliphatic heterocycles. The third kappa shape index (κ3) is 3.23. The predicted molar refractivity (Wildman–Crippen MR) is 114 cm³/mol. The fraction of sp³-hybridized carbons (Fsp3) is 0.360. The van der Waals surface area contributed by atoms with Crippen LogP contribution >= 0.6 is 0 Å². The van der Waals surface area contributed by atoms with Gasteiger partial charge in [0.15, 0.2) is 0 Å². The van der Waals surface area contributed by atoms with Gasteiger partial charge in [-0.1, -0.05) is 48.5 Å². The van der Waals surface area contributed by atoms with E-state index in [9.17, 15) is 0 Å². The Hall–Kier alpha value is -2.32. The second-order valence-corrected chi connectivity index (χ2v) is 8.33. The van der Waals surface area contributed by atoms with Gasteiger partial charge in [0.05, 0.1) is 0 Å². The van der Waals surface area contributed by atoms with Crippen molar-refractivity contribution in [3.8, 4) is 0 Å². The Bertz CT molecular complexity index is 994. The molecule has 27 heavy (non-hydrogen) atoms.